The zero-order chi connectivity index (χ0) is 19.3. The molecule has 2 aliphatic rings. The van der Waals surface area contributed by atoms with Crippen LogP contribution in [0.25, 0.3) is 0 Å². The number of ether oxygens (including phenoxy) is 4. The van der Waals surface area contributed by atoms with Gasteiger partial charge >= 0.3 is 0 Å². The van der Waals surface area contributed by atoms with Gasteiger partial charge in [-0.2, -0.15) is 0 Å². The van der Waals surface area contributed by atoms with Gasteiger partial charge in [0, 0.05) is 38.8 Å². The number of piperazine rings is 1. The minimum atomic E-state index is -0.553. The first-order chi connectivity index (χ1) is 13.7. The normalized spacial score (nSPS) is 16.8. The number of aliphatic hydroxyl groups is 1. The van der Waals surface area contributed by atoms with Crippen molar-refractivity contribution in [3.63, 3.8) is 0 Å². The summed E-state index contributed by atoms with van der Waals surface area (Å²) in [5.74, 6) is 2.97. The first-order valence-electron chi connectivity index (χ1n) is 9.54. The molecule has 2 aliphatic heterocycles. The molecule has 0 radical (unpaired) electrons. The number of hydrogen-bond donors (Lipinski definition) is 1. The summed E-state index contributed by atoms with van der Waals surface area (Å²) in [5.41, 5.74) is 1.12. The van der Waals surface area contributed by atoms with Crippen LogP contribution in [-0.4, -0.2) is 69.3 Å². The van der Waals surface area contributed by atoms with Gasteiger partial charge in [-0.05, 0) is 24.3 Å². The minimum Gasteiger partial charge on any atom is -1.00 e. The zero-order valence-corrected chi connectivity index (χ0v) is 17.2. The fourth-order valence-electron chi connectivity index (χ4n) is 3.57. The Morgan fingerprint density at radius 3 is 2.59 bits per heavy atom. The van der Waals surface area contributed by atoms with Crippen LogP contribution in [0.3, 0.4) is 0 Å². The molecule has 0 spiro atoms. The molecule has 158 valence electrons. The topological polar surface area (TPSA) is 63.6 Å². The molecule has 8 heteroatoms. The zero-order valence-electron chi connectivity index (χ0n) is 16.4. The Morgan fingerprint density at radius 1 is 1.03 bits per heavy atom. The summed E-state index contributed by atoms with van der Waals surface area (Å²) >= 11 is 0. The van der Waals surface area contributed by atoms with Crippen molar-refractivity contribution in [2.75, 3.05) is 58.1 Å². The molecule has 4 rings (SSSR count). The van der Waals surface area contributed by atoms with Gasteiger partial charge in [0.2, 0.25) is 6.79 Å². The van der Waals surface area contributed by atoms with Crippen LogP contribution in [0.5, 0.6) is 23.0 Å². The summed E-state index contributed by atoms with van der Waals surface area (Å²) in [6, 6.07) is 13.5. The molecular formula is C21H26ClN2O5-. The highest BCUT2D eigenvalue weighted by Crippen LogP contribution is 2.35. The number of fused-ring (bicyclic) bond motifs is 1. The van der Waals surface area contributed by atoms with Crippen LogP contribution >= 0.6 is 0 Å². The van der Waals surface area contributed by atoms with Crippen LogP contribution in [0.2, 0.25) is 0 Å². The van der Waals surface area contributed by atoms with Crippen molar-refractivity contribution in [1.82, 2.24) is 4.90 Å². The van der Waals surface area contributed by atoms with Crippen LogP contribution in [0, 0.1) is 0 Å². The third kappa shape index (κ3) is 5.18. The van der Waals surface area contributed by atoms with Gasteiger partial charge in [-0.1, -0.05) is 12.1 Å². The molecule has 7 nitrogen and oxygen atoms in total. The molecule has 2 aromatic carbocycles. The maximum absolute atomic E-state index is 10.4. The van der Waals surface area contributed by atoms with Crippen LogP contribution in [0.4, 0.5) is 5.69 Å². The minimum absolute atomic E-state index is 0. The number of hydrogen-bond acceptors (Lipinski definition) is 7. The Hall–Kier alpha value is -2.35. The highest BCUT2D eigenvalue weighted by atomic mass is 35.5. The Morgan fingerprint density at radius 2 is 1.79 bits per heavy atom. The summed E-state index contributed by atoms with van der Waals surface area (Å²) in [7, 11) is 1.70. The molecule has 2 aromatic rings. The molecule has 0 amide bonds. The van der Waals surface area contributed by atoms with Gasteiger partial charge < -0.3 is 41.4 Å². The number of rotatable bonds is 7. The number of β-amino-alcohol motifs (C(OH)–C–C–N with tert-alkyl or cyclic N) is 1. The molecule has 0 saturated carbocycles. The summed E-state index contributed by atoms with van der Waals surface area (Å²) in [4.78, 5) is 4.59. The van der Waals surface area contributed by atoms with Crippen LogP contribution in [0.15, 0.2) is 42.5 Å². The lowest BCUT2D eigenvalue weighted by Crippen LogP contribution is -3.00. The first kappa shape index (κ1) is 21.4. The first-order valence-corrected chi connectivity index (χ1v) is 9.54. The summed E-state index contributed by atoms with van der Waals surface area (Å²) in [6.07, 6.45) is -0.553. The Labute approximate surface area is 177 Å². The van der Waals surface area contributed by atoms with Crippen LogP contribution in [0.1, 0.15) is 0 Å². The average molecular weight is 422 g/mol. The number of para-hydroxylation sites is 2. The summed E-state index contributed by atoms with van der Waals surface area (Å²) < 4.78 is 21.8. The highest BCUT2D eigenvalue weighted by Gasteiger charge is 2.21. The average Bonchev–Trinajstić information content (AvgIpc) is 3.21. The van der Waals surface area contributed by atoms with E-state index in [0.29, 0.717) is 18.0 Å². The molecule has 0 aliphatic carbocycles. The van der Waals surface area contributed by atoms with E-state index in [2.05, 4.69) is 15.9 Å². The maximum atomic E-state index is 10.4. The Kier molecular flexibility index (Phi) is 7.30. The van der Waals surface area contributed by atoms with Crippen LogP contribution in [-0.2, 0) is 0 Å². The summed E-state index contributed by atoms with van der Waals surface area (Å²) in [5, 5.41) is 10.4. The third-order valence-corrected chi connectivity index (χ3v) is 5.05. The number of nitrogens with zero attached hydrogens (tertiary/aromatic N) is 2. The Bertz CT molecular complexity index is 798. The van der Waals surface area contributed by atoms with Crippen LogP contribution < -0.4 is 36.3 Å². The Balaban J connectivity index is 0.00000240. The van der Waals surface area contributed by atoms with E-state index in [0.717, 1.165) is 43.4 Å². The smallest absolute Gasteiger partial charge is 0.231 e. The molecule has 0 bridgehead atoms. The molecular weight excluding hydrogens is 396 g/mol. The van der Waals surface area contributed by atoms with Crippen molar-refractivity contribution in [3.8, 4) is 23.0 Å². The van der Waals surface area contributed by atoms with Gasteiger partial charge in [0.05, 0.1) is 12.8 Å². The van der Waals surface area contributed by atoms with Gasteiger partial charge in [-0.15, -0.1) is 0 Å². The van der Waals surface area contributed by atoms with Gasteiger partial charge in [-0.25, -0.2) is 0 Å². The van der Waals surface area contributed by atoms with Crippen molar-refractivity contribution >= 4 is 5.69 Å². The molecule has 1 atom stereocenters. The van der Waals surface area contributed by atoms with Crippen molar-refractivity contribution in [2.45, 2.75) is 6.10 Å². The van der Waals surface area contributed by atoms with Crippen molar-refractivity contribution in [1.29, 1.82) is 0 Å². The van der Waals surface area contributed by atoms with E-state index in [-0.39, 0.29) is 25.8 Å². The molecule has 1 N–H and O–H groups in total. The standard InChI is InChI=1S/C21H26N2O5.ClH/c1-25-19-5-3-2-4-18(19)23-10-8-22(9-11-23)13-16(24)14-26-17-6-7-20-21(12-17)28-15-27-20;/h2-7,12,16,24H,8-11,13-15H2,1H3;1H/p-1. The molecule has 0 aromatic heterocycles. The number of benzene rings is 2. The second kappa shape index (κ2) is 9.91. The van der Waals surface area contributed by atoms with Crippen molar-refractivity contribution in [2.24, 2.45) is 0 Å². The molecule has 1 saturated heterocycles. The second-order valence-electron chi connectivity index (χ2n) is 6.94. The monoisotopic (exact) mass is 421 g/mol. The maximum Gasteiger partial charge on any atom is 0.231 e. The highest BCUT2D eigenvalue weighted by molar-refractivity contribution is 5.58. The van der Waals surface area contributed by atoms with Gasteiger partial charge in [0.15, 0.2) is 11.5 Å². The van der Waals surface area contributed by atoms with E-state index in [1.165, 1.54) is 0 Å². The quantitative estimate of drug-likeness (QED) is 0.614. The lowest BCUT2D eigenvalue weighted by molar-refractivity contribution is -0.00000968. The van der Waals surface area contributed by atoms with Gasteiger partial charge in [0.25, 0.3) is 0 Å². The third-order valence-electron chi connectivity index (χ3n) is 5.05. The fourth-order valence-corrected chi connectivity index (χ4v) is 3.57. The molecule has 2 heterocycles. The van der Waals surface area contributed by atoms with E-state index in [9.17, 15) is 5.11 Å². The summed E-state index contributed by atoms with van der Waals surface area (Å²) in [6.45, 7) is 4.64. The molecule has 1 fully saturated rings. The van der Waals surface area contributed by atoms with E-state index < -0.39 is 6.10 Å². The van der Waals surface area contributed by atoms with E-state index >= 15 is 0 Å². The SMILES string of the molecule is COc1ccccc1N1CCN(CC(O)COc2ccc3c(c2)OCO3)CC1.[Cl-]. The predicted octanol–water partition coefficient (Wildman–Crippen LogP) is -1.01. The van der Waals surface area contributed by atoms with E-state index in [1.54, 1.807) is 13.2 Å². The lowest BCUT2D eigenvalue weighted by atomic mass is 10.2. The number of aliphatic hydroxyl groups excluding tert-OH is 1. The van der Waals surface area contributed by atoms with Crippen molar-refractivity contribution < 1.29 is 36.5 Å². The number of halogens is 1. The van der Waals surface area contributed by atoms with Gasteiger partial charge in [-0.3, -0.25) is 4.90 Å². The number of anilines is 1. The lowest BCUT2D eigenvalue weighted by Gasteiger charge is -2.37. The van der Waals surface area contributed by atoms with E-state index in [1.807, 2.05) is 30.3 Å². The molecule has 1 unspecified atom stereocenters. The largest absolute Gasteiger partial charge is 1.00 e. The van der Waals surface area contributed by atoms with Crippen molar-refractivity contribution in [3.05, 3.63) is 42.5 Å². The van der Waals surface area contributed by atoms with Gasteiger partial charge in [0.1, 0.15) is 24.2 Å². The van der Waals surface area contributed by atoms with E-state index in [4.69, 9.17) is 18.9 Å². The molecule has 29 heavy (non-hydrogen) atoms. The number of methoxy groups -OCH3 is 1. The second-order valence-corrected chi connectivity index (χ2v) is 6.94. The predicted molar refractivity (Wildman–Crippen MR) is 106 cm³/mol. The fraction of sp³-hybridized carbons (Fsp3) is 0.429.